The molecule has 0 spiro atoms. The lowest BCUT2D eigenvalue weighted by molar-refractivity contribution is -0.271. The highest BCUT2D eigenvalue weighted by Crippen LogP contribution is 2.51. The maximum atomic E-state index is 7.10. The summed E-state index contributed by atoms with van der Waals surface area (Å²) in [5.41, 5.74) is 1.84. The molecule has 3 heterocycles. The molecule has 0 unspecified atom stereocenters. The van der Waals surface area contributed by atoms with Gasteiger partial charge in [-0.1, -0.05) is 52.0 Å². The highest BCUT2D eigenvalue weighted by molar-refractivity contribution is 5.05. The van der Waals surface area contributed by atoms with Crippen LogP contribution in [0.1, 0.15) is 133 Å². The second-order valence-electron chi connectivity index (χ2n) is 14.6. The molecule has 3 saturated heterocycles. The van der Waals surface area contributed by atoms with E-state index in [4.69, 9.17) is 14.2 Å². The summed E-state index contributed by atoms with van der Waals surface area (Å²) in [5.74, 6) is 2.17. The van der Waals surface area contributed by atoms with Crippen LogP contribution >= 0.6 is 0 Å². The van der Waals surface area contributed by atoms with Crippen LogP contribution in [0.4, 0.5) is 0 Å². The molecule has 3 heteroatoms. The summed E-state index contributed by atoms with van der Waals surface area (Å²) in [6.07, 6.45) is 11.4. The first-order valence-corrected chi connectivity index (χ1v) is 15.4. The summed E-state index contributed by atoms with van der Waals surface area (Å²) in [7, 11) is 0. The topological polar surface area (TPSA) is 27.7 Å². The molecule has 3 aliphatic heterocycles. The number of hydrogen-bond donors (Lipinski definition) is 0. The van der Waals surface area contributed by atoms with E-state index >= 15 is 0 Å². The zero-order chi connectivity index (χ0) is 27.8. The van der Waals surface area contributed by atoms with Crippen LogP contribution < -0.4 is 0 Å². The van der Waals surface area contributed by atoms with Gasteiger partial charge in [-0.2, -0.15) is 0 Å². The first kappa shape index (κ1) is 30.9. The number of rotatable bonds is 10. The van der Waals surface area contributed by atoms with Gasteiger partial charge in [0.05, 0.1) is 34.6 Å². The summed E-state index contributed by atoms with van der Waals surface area (Å²) in [5, 5.41) is 0. The van der Waals surface area contributed by atoms with Crippen LogP contribution in [0.15, 0.2) is 24.3 Å². The quantitative estimate of drug-likeness (QED) is 0.271. The fraction of sp³-hybridized carbons (Fsp3) is 0.882. The highest BCUT2D eigenvalue weighted by atomic mass is 16.6. The van der Waals surface area contributed by atoms with Gasteiger partial charge in [0, 0.05) is 0 Å². The number of ether oxygens (including phenoxy) is 3. The fourth-order valence-electron chi connectivity index (χ4n) is 7.07. The zero-order valence-electron chi connectivity index (χ0n) is 26.2. The standard InChI is InChI=1S/C34H60O3/c1-23(2)25(5)15-19-31(9)27(7)17-21-33(11,36-31)29-13-14-30(35-29)34(12)22-18-28(8)32(10,37-34)20-16-26(6)24(3)4/h25-30H,1,3,13-22H2,2,4-12H3/t25-,26+,27+,28-,29+,30-,31-,32+,33-,34-/m0/s1. The molecule has 0 bridgehead atoms. The fourth-order valence-corrected chi connectivity index (χ4v) is 7.07. The van der Waals surface area contributed by atoms with Crippen LogP contribution in [-0.2, 0) is 14.2 Å². The first-order chi connectivity index (χ1) is 17.0. The SMILES string of the molecule is C=C(C)[C@H](C)CC[C@@]1(C)O[C@](C)([C@@H]2CC[C@H]([C@]3(C)CC[C@@H](C)[C@](C)(CC[C@H](C)C(=C)C)O3)O2)CC[C@@H]1C. The molecule has 0 radical (unpaired) electrons. The smallest absolute Gasteiger partial charge is 0.0922 e. The average molecular weight is 517 g/mol. The van der Waals surface area contributed by atoms with Crippen LogP contribution in [0.2, 0.25) is 0 Å². The van der Waals surface area contributed by atoms with Crippen LogP contribution in [0.5, 0.6) is 0 Å². The van der Waals surface area contributed by atoms with E-state index in [1.807, 2.05) is 0 Å². The van der Waals surface area contributed by atoms with Gasteiger partial charge >= 0.3 is 0 Å². The maximum absolute atomic E-state index is 7.10. The third kappa shape index (κ3) is 6.75. The lowest BCUT2D eigenvalue weighted by Crippen LogP contribution is -2.57. The maximum Gasteiger partial charge on any atom is 0.0922 e. The molecular weight excluding hydrogens is 456 g/mol. The minimum absolute atomic E-state index is 0.114. The summed E-state index contributed by atoms with van der Waals surface area (Å²) in [6, 6.07) is 0. The molecule has 3 aliphatic rings. The Hall–Kier alpha value is -0.640. The Morgan fingerprint density at radius 1 is 0.703 bits per heavy atom. The summed E-state index contributed by atoms with van der Waals surface area (Å²) >= 11 is 0. The van der Waals surface area contributed by atoms with E-state index in [0.717, 1.165) is 51.4 Å². The van der Waals surface area contributed by atoms with E-state index in [2.05, 4.69) is 82.4 Å². The lowest BCUT2D eigenvalue weighted by Gasteiger charge is -2.53. The number of hydrogen-bond acceptors (Lipinski definition) is 3. The molecule has 37 heavy (non-hydrogen) atoms. The van der Waals surface area contributed by atoms with Crippen molar-refractivity contribution in [2.75, 3.05) is 0 Å². The van der Waals surface area contributed by atoms with Crippen molar-refractivity contribution in [3.05, 3.63) is 24.3 Å². The molecule has 0 amide bonds. The Morgan fingerprint density at radius 2 is 1.05 bits per heavy atom. The van der Waals surface area contributed by atoms with Crippen molar-refractivity contribution < 1.29 is 14.2 Å². The monoisotopic (exact) mass is 516 g/mol. The first-order valence-electron chi connectivity index (χ1n) is 15.4. The van der Waals surface area contributed by atoms with Crippen LogP contribution in [0.3, 0.4) is 0 Å². The van der Waals surface area contributed by atoms with Crippen molar-refractivity contribution in [1.29, 1.82) is 0 Å². The molecule has 3 rings (SSSR count). The minimum atomic E-state index is -0.235. The van der Waals surface area contributed by atoms with Gasteiger partial charge in [-0.25, -0.2) is 0 Å². The van der Waals surface area contributed by atoms with Crippen LogP contribution in [0.25, 0.3) is 0 Å². The van der Waals surface area contributed by atoms with Gasteiger partial charge in [0.1, 0.15) is 0 Å². The van der Waals surface area contributed by atoms with Gasteiger partial charge in [0.25, 0.3) is 0 Å². The molecule has 0 saturated carbocycles. The van der Waals surface area contributed by atoms with Crippen molar-refractivity contribution in [3.63, 3.8) is 0 Å². The molecule has 0 aromatic carbocycles. The zero-order valence-corrected chi connectivity index (χ0v) is 26.2. The minimum Gasteiger partial charge on any atom is -0.369 e. The van der Waals surface area contributed by atoms with E-state index in [9.17, 15) is 0 Å². The van der Waals surface area contributed by atoms with Crippen LogP contribution in [0, 0.1) is 23.7 Å². The summed E-state index contributed by atoms with van der Waals surface area (Å²) < 4.78 is 21.1. The third-order valence-corrected chi connectivity index (χ3v) is 11.4. The number of allylic oxidation sites excluding steroid dienone is 2. The van der Waals surface area contributed by atoms with Crippen molar-refractivity contribution in [3.8, 4) is 0 Å². The predicted molar refractivity (Wildman–Crippen MR) is 157 cm³/mol. The van der Waals surface area contributed by atoms with Gasteiger partial charge in [0.2, 0.25) is 0 Å². The predicted octanol–water partition coefficient (Wildman–Crippen LogP) is 9.45. The molecular formula is C34H60O3. The highest BCUT2D eigenvalue weighted by Gasteiger charge is 2.55. The Morgan fingerprint density at radius 3 is 1.38 bits per heavy atom. The van der Waals surface area contributed by atoms with E-state index < -0.39 is 0 Å². The van der Waals surface area contributed by atoms with Gasteiger partial charge in [0.15, 0.2) is 0 Å². The van der Waals surface area contributed by atoms with Crippen molar-refractivity contribution >= 4 is 0 Å². The average Bonchev–Trinajstić information content (AvgIpc) is 3.34. The lowest BCUT2D eigenvalue weighted by atomic mass is 9.73. The summed E-state index contributed by atoms with van der Waals surface area (Å²) in [4.78, 5) is 0. The van der Waals surface area contributed by atoms with E-state index in [1.54, 1.807) is 0 Å². The Bertz CT molecular complexity index is 754. The van der Waals surface area contributed by atoms with Gasteiger partial charge in [-0.3, -0.25) is 0 Å². The largest absolute Gasteiger partial charge is 0.369 e. The second-order valence-corrected chi connectivity index (χ2v) is 14.6. The normalized spacial score (nSPS) is 44.4. The molecule has 0 aliphatic carbocycles. The molecule has 0 aromatic rings. The Labute approximate surface area is 230 Å². The van der Waals surface area contributed by atoms with Crippen molar-refractivity contribution in [2.45, 2.75) is 168 Å². The Kier molecular flexibility index (Phi) is 9.57. The molecule has 3 nitrogen and oxygen atoms in total. The molecule has 0 N–H and O–H groups in total. The molecule has 10 atom stereocenters. The third-order valence-electron chi connectivity index (χ3n) is 11.4. The van der Waals surface area contributed by atoms with Crippen LogP contribution in [-0.4, -0.2) is 34.6 Å². The van der Waals surface area contributed by atoms with Crippen molar-refractivity contribution in [1.82, 2.24) is 0 Å². The summed E-state index contributed by atoms with van der Waals surface area (Å²) in [6.45, 7) is 31.3. The van der Waals surface area contributed by atoms with E-state index in [0.29, 0.717) is 23.7 Å². The van der Waals surface area contributed by atoms with Crippen molar-refractivity contribution in [2.24, 2.45) is 23.7 Å². The Balaban J connectivity index is 1.67. The molecule has 3 fully saturated rings. The van der Waals surface area contributed by atoms with E-state index in [1.165, 1.54) is 24.0 Å². The second kappa shape index (κ2) is 11.5. The van der Waals surface area contributed by atoms with Gasteiger partial charge in [-0.15, -0.1) is 0 Å². The molecule has 0 aromatic heterocycles. The van der Waals surface area contributed by atoms with Gasteiger partial charge in [-0.05, 0) is 129 Å². The van der Waals surface area contributed by atoms with E-state index in [-0.39, 0.29) is 34.6 Å². The molecule has 214 valence electrons. The van der Waals surface area contributed by atoms with Gasteiger partial charge < -0.3 is 14.2 Å².